The zero-order valence-electron chi connectivity index (χ0n) is 8.34. The number of aromatic hydroxyl groups is 1. The van der Waals surface area contributed by atoms with E-state index in [1.165, 1.54) is 0 Å². The van der Waals surface area contributed by atoms with Crippen LogP contribution in [0.2, 0.25) is 0 Å². The second-order valence-electron chi connectivity index (χ2n) is 3.22. The highest BCUT2D eigenvalue weighted by Gasteiger charge is 1.93. The summed E-state index contributed by atoms with van der Waals surface area (Å²) in [5.41, 5.74) is 2.03. The van der Waals surface area contributed by atoms with Crippen molar-refractivity contribution in [3.63, 3.8) is 0 Å². The molecule has 0 aliphatic carbocycles. The van der Waals surface area contributed by atoms with Crippen molar-refractivity contribution in [3.8, 4) is 5.75 Å². The van der Waals surface area contributed by atoms with Gasteiger partial charge < -0.3 is 5.11 Å². The fourth-order valence-electron chi connectivity index (χ4n) is 1.22. The molecule has 1 aromatic heterocycles. The average molecular weight is 217 g/mol. The van der Waals surface area contributed by atoms with Crippen LogP contribution in [0.4, 0.5) is 0 Å². The molecule has 0 unspecified atom stereocenters. The summed E-state index contributed by atoms with van der Waals surface area (Å²) in [5, 5.41) is 12.2. The highest BCUT2D eigenvalue weighted by molar-refractivity contribution is 7.09. The predicted molar refractivity (Wildman–Crippen MR) is 63.9 cm³/mol. The summed E-state index contributed by atoms with van der Waals surface area (Å²) in [6.45, 7) is 1.99. The van der Waals surface area contributed by atoms with Crippen LogP contribution in [0.15, 0.2) is 29.6 Å². The molecule has 0 bridgehead atoms. The second kappa shape index (κ2) is 4.28. The molecule has 0 amide bonds. The first kappa shape index (κ1) is 9.93. The van der Waals surface area contributed by atoms with E-state index >= 15 is 0 Å². The van der Waals surface area contributed by atoms with Crippen LogP contribution in [-0.2, 0) is 0 Å². The summed E-state index contributed by atoms with van der Waals surface area (Å²) in [4.78, 5) is 4.33. The van der Waals surface area contributed by atoms with E-state index in [4.69, 9.17) is 5.11 Å². The summed E-state index contributed by atoms with van der Waals surface area (Å²) >= 11 is 1.64. The van der Waals surface area contributed by atoms with E-state index < -0.39 is 0 Å². The Morgan fingerprint density at radius 1 is 1.20 bits per heavy atom. The lowest BCUT2D eigenvalue weighted by Gasteiger charge is -1.92. The summed E-state index contributed by atoms with van der Waals surface area (Å²) in [5.74, 6) is 0.289. The minimum absolute atomic E-state index is 0.289. The molecule has 0 spiro atoms. The van der Waals surface area contributed by atoms with Crippen molar-refractivity contribution in [3.05, 3.63) is 45.9 Å². The van der Waals surface area contributed by atoms with Crippen LogP contribution in [0.5, 0.6) is 5.75 Å². The first-order valence-corrected chi connectivity index (χ1v) is 5.51. The van der Waals surface area contributed by atoms with Gasteiger partial charge in [0.1, 0.15) is 5.75 Å². The van der Waals surface area contributed by atoms with Gasteiger partial charge in [0, 0.05) is 5.38 Å². The van der Waals surface area contributed by atoms with Gasteiger partial charge >= 0.3 is 0 Å². The first-order valence-electron chi connectivity index (χ1n) is 4.63. The molecule has 0 saturated heterocycles. The van der Waals surface area contributed by atoms with E-state index in [2.05, 4.69) is 4.98 Å². The number of hydrogen-bond donors (Lipinski definition) is 1. The highest BCUT2D eigenvalue weighted by atomic mass is 32.1. The molecular weight excluding hydrogens is 206 g/mol. The Balaban J connectivity index is 2.14. The van der Waals surface area contributed by atoms with Gasteiger partial charge in [-0.2, -0.15) is 0 Å². The Bertz CT molecular complexity index is 471. The second-order valence-corrected chi connectivity index (χ2v) is 4.28. The van der Waals surface area contributed by atoms with E-state index in [0.29, 0.717) is 0 Å². The van der Waals surface area contributed by atoms with Crippen LogP contribution in [0.1, 0.15) is 16.3 Å². The number of hydrogen-bond acceptors (Lipinski definition) is 3. The Morgan fingerprint density at radius 2 is 1.93 bits per heavy atom. The van der Waals surface area contributed by atoms with Crippen molar-refractivity contribution in [2.45, 2.75) is 6.92 Å². The molecule has 2 aromatic rings. The third kappa shape index (κ3) is 2.67. The van der Waals surface area contributed by atoms with Crippen LogP contribution in [0, 0.1) is 6.92 Å². The first-order chi connectivity index (χ1) is 7.24. The lowest BCUT2D eigenvalue weighted by atomic mass is 10.2. The third-order valence-corrected chi connectivity index (χ3v) is 2.77. The van der Waals surface area contributed by atoms with Crippen LogP contribution in [0.25, 0.3) is 12.2 Å². The zero-order chi connectivity index (χ0) is 10.7. The van der Waals surface area contributed by atoms with Gasteiger partial charge in [0.15, 0.2) is 0 Å². The lowest BCUT2D eigenvalue weighted by Crippen LogP contribution is -1.73. The molecule has 0 atom stereocenters. The average Bonchev–Trinajstić information content (AvgIpc) is 2.64. The molecule has 76 valence electrons. The molecule has 0 aliphatic rings. The number of aryl methyl sites for hydroxylation is 1. The van der Waals surface area contributed by atoms with Crippen LogP contribution in [0.3, 0.4) is 0 Å². The van der Waals surface area contributed by atoms with Crippen molar-refractivity contribution < 1.29 is 5.11 Å². The van der Waals surface area contributed by atoms with E-state index in [9.17, 15) is 0 Å². The van der Waals surface area contributed by atoms with Gasteiger partial charge in [0.2, 0.25) is 0 Å². The normalized spacial score (nSPS) is 11.0. The van der Waals surface area contributed by atoms with Gasteiger partial charge in [-0.05, 0) is 30.7 Å². The quantitative estimate of drug-likeness (QED) is 0.837. The SMILES string of the molecule is Cc1nc(C=Cc2ccc(O)cc2)cs1. The van der Waals surface area contributed by atoms with E-state index in [0.717, 1.165) is 16.3 Å². The minimum atomic E-state index is 0.289. The monoisotopic (exact) mass is 217 g/mol. The Kier molecular flexibility index (Phi) is 2.83. The van der Waals surface area contributed by atoms with E-state index in [-0.39, 0.29) is 5.75 Å². The fraction of sp³-hybridized carbons (Fsp3) is 0.0833. The van der Waals surface area contributed by atoms with Crippen LogP contribution < -0.4 is 0 Å². The third-order valence-electron chi connectivity index (χ3n) is 1.98. The topological polar surface area (TPSA) is 33.1 Å². The number of phenolic OH excluding ortho intramolecular Hbond substituents is 1. The molecule has 2 rings (SSSR count). The molecule has 3 heteroatoms. The number of benzene rings is 1. The van der Waals surface area contributed by atoms with Gasteiger partial charge in [0.25, 0.3) is 0 Å². The Morgan fingerprint density at radius 3 is 2.53 bits per heavy atom. The molecule has 2 nitrogen and oxygen atoms in total. The number of aromatic nitrogens is 1. The lowest BCUT2D eigenvalue weighted by molar-refractivity contribution is 0.475. The summed E-state index contributed by atoms with van der Waals surface area (Å²) in [6.07, 6.45) is 3.95. The number of nitrogens with zero attached hydrogens (tertiary/aromatic N) is 1. The highest BCUT2D eigenvalue weighted by Crippen LogP contribution is 2.14. The van der Waals surface area contributed by atoms with Gasteiger partial charge in [-0.1, -0.05) is 18.2 Å². The van der Waals surface area contributed by atoms with Gasteiger partial charge in [-0.25, -0.2) is 4.98 Å². The Labute approximate surface area is 92.5 Å². The molecular formula is C12H11NOS. The number of phenols is 1. The molecule has 0 saturated carbocycles. The molecule has 1 aromatic carbocycles. The van der Waals surface area contributed by atoms with Crippen molar-refractivity contribution in [1.82, 2.24) is 4.98 Å². The van der Waals surface area contributed by atoms with Crippen LogP contribution >= 0.6 is 11.3 Å². The molecule has 0 fully saturated rings. The number of thiazole rings is 1. The maximum absolute atomic E-state index is 9.11. The largest absolute Gasteiger partial charge is 0.508 e. The minimum Gasteiger partial charge on any atom is -0.508 e. The van der Waals surface area contributed by atoms with Crippen molar-refractivity contribution in [1.29, 1.82) is 0 Å². The van der Waals surface area contributed by atoms with E-state index in [1.807, 2.05) is 36.6 Å². The molecule has 0 aliphatic heterocycles. The molecule has 15 heavy (non-hydrogen) atoms. The van der Waals surface area contributed by atoms with Crippen molar-refractivity contribution in [2.75, 3.05) is 0 Å². The smallest absolute Gasteiger partial charge is 0.115 e. The summed E-state index contributed by atoms with van der Waals surface area (Å²) in [6, 6.07) is 7.08. The number of rotatable bonds is 2. The predicted octanol–water partition coefficient (Wildman–Crippen LogP) is 3.33. The molecule has 0 radical (unpaired) electrons. The van der Waals surface area contributed by atoms with Crippen LogP contribution in [-0.4, -0.2) is 10.1 Å². The fourth-order valence-corrected chi connectivity index (χ4v) is 1.80. The standard InChI is InChI=1S/C12H11NOS/c1-9-13-11(8-15-9)5-2-10-3-6-12(14)7-4-10/h2-8,14H,1H3. The van der Waals surface area contributed by atoms with Crippen molar-refractivity contribution in [2.24, 2.45) is 0 Å². The van der Waals surface area contributed by atoms with Gasteiger partial charge in [0.05, 0.1) is 10.7 Å². The molecule has 1 heterocycles. The van der Waals surface area contributed by atoms with Crippen molar-refractivity contribution >= 4 is 23.5 Å². The van der Waals surface area contributed by atoms with E-state index in [1.54, 1.807) is 23.5 Å². The summed E-state index contributed by atoms with van der Waals surface area (Å²) in [7, 11) is 0. The van der Waals surface area contributed by atoms with Gasteiger partial charge in [-0.15, -0.1) is 11.3 Å². The maximum Gasteiger partial charge on any atom is 0.115 e. The maximum atomic E-state index is 9.11. The Hall–Kier alpha value is -1.61. The zero-order valence-corrected chi connectivity index (χ0v) is 9.16. The molecule has 1 N–H and O–H groups in total. The van der Waals surface area contributed by atoms with Gasteiger partial charge in [-0.3, -0.25) is 0 Å². The summed E-state index contributed by atoms with van der Waals surface area (Å²) < 4.78 is 0.